The van der Waals surface area contributed by atoms with Gasteiger partial charge in [0.15, 0.2) is 0 Å². The summed E-state index contributed by atoms with van der Waals surface area (Å²) in [5.74, 6) is 0. The lowest BCUT2D eigenvalue weighted by Gasteiger charge is -2.24. The van der Waals surface area contributed by atoms with Gasteiger partial charge in [0.1, 0.15) is 5.60 Å². The van der Waals surface area contributed by atoms with Gasteiger partial charge in [-0.25, -0.2) is 17.9 Å². The van der Waals surface area contributed by atoms with Crippen LogP contribution in [0, 0.1) is 6.92 Å². The Morgan fingerprint density at radius 3 is 2.52 bits per heavy atom. The van der Waals surface area contributed by atoms with E-state index in [0.29, 0.717) is 10.0 Å². The summed E-state index contributed by atoms with van der Waals surface area (Å²) >= 11 is 3.27. The number of aryl methyl sites for hydroxylation is 1. The number of carbonyl (C=O) groups excluding carboxylic acids is 1. The van der Waals surface area contributed by atoms with Crippen LogP contribution in [-0.2, 0) is 14.8 Å². The zero-order valence-electron chi connectivity index (χ0n) is 14.0. The highest BCUT2D eigenvalue weighted by Crippen LogP contribution is 2.20. The molecule has 0 unspecified atom stereocenters. The number of likely N-dealkylation sites (N-methyl/N-ethyl adjacent to an activating group) is 1. The van der Waals surface area contributed by atoms with Crippen molar-refractivity contribution in [3.05, 3.63) is 28.2 Å². The number of rotatable bonds is 5. The first-order chi connectivity index (χ1) is 10.4. The number of benzene rings is 1. The molecule has 1 N–H and O–H groups in total. The first-order valence-corrected chi connectivity index (χ1v) is 9.40. The number of amides is 1. The van der Waals surface area contributed by atoms with E-state index in [1.54, 1.807) is 52.9 Å². The average Bonchev–Trinajstić information content (AvgIpc) is 2.39. The van der Waals surface area contributed by atoms with Gasteiger partial charge in [0.25, 0.3) is 0 Å². The van der Waals surface area contributed by atoms with Crippen molar-refractivity contribution >= 4 is 32.0 Å². The lowest BCUT2D eigenvalue weighted by Crippen LogP contribution is -2.39. The van der Waals surface area contributed by atoms with Crippen molar-refractivity contribution in [3.8, 4) is 0 Å². The number of hydrogen-bond donors (Lipinski definition) is 1. The van der Waals surface area contributed by atoms with Gasteiger partial charge in [-0.05, 0) is 45.4 Å². The fourth-order valence-corrected chi connectivity index (χ4v) is 3.52. The Labute approximate surface area is 146 Å². The number of halogens is 1. The number of hydrogen-bond acceptors (Lipinski definition) is 4. The molecule has 1 amide bonds. The molecule has 0 radical (unpaired) electrons. The summed E-state index contributed by atoms with van der Waals surface area (Å²) in [6.45, 7) is 7.37. The first-order valence-electron chi connectivity index (χ1n) is 7.12. The Balaban J connectivity index is 2.64. The van der Waals surface area contributed by atoms with Crippen LogP contribution >= 0.6 is 15.9 Å². The second kappa shape index (κ2) is 7.63. The molecule has 0 bridgehead atoms. The predicted molar refractivity (Wildman–Crippen MR) is 92.9 cm³/mol. The van der Waals surface area contributed by atoms with E-state index in [1.165, 1.54) is 4.90 Å². The molecule has 130 valence electrons. The molecule has 1 aromatic rings. The third-order valence-corrected chi connectivity index (χ3v) is 4.98. The van der Waals surface area contributed by atoms with Crippen molar-refractivity contribution in [2.75, 3.05) is 20.1 Å². The van der Waals surface area contributed by atoms with Gasteiger partial charge in [0.2, 0.25) is 10.0 Å². The normalized spacial score (nSPS) is 12.1. The number of sulfonamides is 1. The molecule has 0 fully saturated rings. The second-order valence-electron chi connectivity index (χ2n) is 6.21. The molecule has 0 atom stereocenters. The summed E-state index contributed by atoms with van der Waals surface area (Å²) in [6, 6.07) is 5.06. The second-order valence-corrected chi connectivity index (χ2v) is 8.86. The van der Waals surface area contributed by atoms with E-state index < -0.39 is 21.7 Å². The Hall–Kier alpha value is -1.12. The van der Waals surface area contributed by atoms with Crippen LogP contribution in [0.5, 0.6) is 0 Å². The third kappa shape index (κ3) is 6.48. The predicted octanol–water partition coefficient (Wildman–Crippen LogP) is 2.90. The lowest BCUT2D eigenvalue weighted by molar-refractivity contribution is 0.0302. The van der Waals surface area contributed by atoms with Crippen LogP contribution in [0.3, 0.4) is 0 Å². The summed E-state index contributed by atoms with van der Waals surface area (Å²) in [5, 5.41) is 0. The Bertz CT molecular complexity index is 669. The van der Waals surface area contributed by atoms with Crippen LogP contribution in [0.2, 0.25) is 0 Å². The molecular weight excluding hydrogens is 384 g/mol. The van der Waals surface area contributed by atoms with Crippen molar-refractivity contribution in [1.29, 1.82) is 0 Å². The number of nitrogens with one attached hydrogen (secondary N) is 1. The lowest BCUT2D eigenvalue weighted by atomic mass is 10.2. The maximum absolute atomic E-state index is 12.3. The van der Waals surface area contributed by atoms with Crippen LogP contribution in [0.15, 0.2) is 27.6 Å². The summed E-state index contributed by atoms with van der Waals surface area (Å²) in [4.78, 5) is 13.4. The fourth-order valence-electron chi connectivity index (χ4n) is 1.72. The van der Waals surface area contributed by atoms with E-state index in [1.807, 2.05) is 0 Å². The first kappa shape index (κ1) is 19.9. The standard InChI is InChI=1S/C15H23BrN2O4S/c1-11-6-7-12(16)10-13(11)23(20,21)17-8-9-18(5)14(19)22-15(2,3)4/h6-7,10,17H,8-9H2,1-5H3. The number of nitrogens with zero attached hydrogens (tertiary/aromatic N) is 1. The van der Waals surface area contributed by atoms with Gasteiger partial charge >= 0.3 is 6.09 Å². The van der Waals surface area contributed by atoms with Gasteiger partial charge in [0, 0.05) is 24.6 Å². The van der Waals surface area contributed by atoms with Gasteiger partial charge in [0.05, 0.1) is 4.90 Å². The maximum Gasteiger partial charge on any atom is 0.410 e. The van der Waals surface area contributed by atoms with Crippen LogP contribution in [0.1, 0.15) is 26.3 Å². The van der Waals surface area contributed by atoms with Crippen molar-refractivity contribution in [2.45, 2.75) is 38.2 Å². The molecule has 23 heavy (non-hydrogen) atoms. The monoisotopic (exact) mass is 406 g/mol. The molecule has 1 rings (SSSR count). The molecular formula is C15H23BrN2O4S. The minimum absolute atomic E-state index is 0.101. The third-order valence-electron chi connectivity index (χ3n) is 2.88. The highest BCUT2D eigenvalue weighted by atomic mass is 79.9. The summed E-state index contributed by atoms with van der Waals surface area (Å²) in [7, 11) is -2.07. The molecule has 0 aliphatic carbocycles. The summed E-state index contributed by atoms with van der Waals surface area (Å²) < 4.78 is 33.0. The average molecular weight is 407 g/mol. The van der Waals surface area contributed by atoms with E-state index in [4.69, 9.17) is 4.74 Å². The largest absolute Gasteiger partial charge is 0.444 e. The van der Waals surface area contributed by atoms with Gasteiger partial charge in [-0.3, -0.25) is 0 Å². The Morgan fingerprint density at radius 2 is 1.96 bits per heavy atom. The molecule has 0 saturated carbocycles. The van der Waals surface area contributed by atoms with Gasteiger partial charge in [-0.2, -0.15) is 0 Å². The molecule has 0 heterocycles. The zero-order chi connectivity index (χ0) is 17.8. The minimum Gasteiger partial charge on any atom is -0.444 e. The molecule has 6 nitrogen and oxygen atoms in total. The van der Waals surface area contributed by atoms with Crippen molar-refractivity contribution in [3.63, 3.8) is 0 Å². The quantitative estimate of drug-likeness (QED) is 0.815. The van der Waals surface area contributed by atoms with Crippen LogP contribution < -0.4 is 4.72 Å². The van der Waals surface area contributed by atoms with Gasteiger partial charge < -0.3 is 9.64 Å². The van der Waals surface area contributed by atoms with E-state index in [9.17, 15) is 13.2 Å². The topological polar surface area (TPSA) is 75.7 Å². The SMILES string of the molecule is Cc1ccc(Br)cc1S(=O)(=O)NCCN(C)C(=O)OC(C)(C)C. The summed E-state index contributed by atoms with van der Waals surface area (Å²) in [5.41, 5.74) is 0.0688. The molecule has 0 saturated heterocycles. The molecule has 0 aliphatic heterocycles. The zero-order valence-corrected chi connectivity index (χ0v) is 16.4. The molecule has 8 heteroatoms. The van der Waals surface area contributed by atoms with Gasteiger partial charge in [-0.1, -0.05) is 22.0 Å². The molecule has 0 aromatic heterocycles. The summed E-state index contributed by atoms with van der Waals surface area (Å²) in [6.07, 6.45) is -0.490. The molecule has 0 aliphatic rings. The highest BCUT2D eigenvalue weighted by molar-refractivity contribution is 9.10. The number of carbonyl (C=O) groups is 1. The Kier molecular flexibility index (Phi) is 6.61. The Morgan fingerprint density at radius 1 is 1.35 bits per heavy atom. The highest BCUT2D eigenvalue weighted by Gasteiger charge is 2.21. The van der Waals surface area contributed by atoms with E-state index in [0.717, 1.165) is 0 Å². The molecule has 1 aromatic carbocycles. The van der Waals surface area contributed by atoms with Crippen molar-refractivity contribution in [2.24, 2.45) is 0 Å². The van der Waals surface area contributed by atoms with Crippen molar-refractivity contribution < 1.29 is 17.9 Å². The smallest absolute Gasteiger partial charge is 0.410 e. The van der Waals surface area contributed by atoms with Crippen LogP contribution in [-0.4, -0.2) is 45.1 Å². The maximum atomic E-state index is 12.3. The molecule has 0 spiro atoms. The van der Waals surface area contributed by atoms with E-state index in [-0.39, 0.29) is 18.0 Å². The van der Waals surface area contributed by atoms with Crippen LogP contribution in [0.25, 0.3) is 0 Å². The van der Waals surface area contributed by atoms with E-state index in [2.05, 4.69) is 20.7 Å². The van der Waals surface area contributed by atoms with Gasteiger partial charge in [-0.15, -0.1) is 0 Å². The minimum atomic E-state index is -3.63. The number of ether oxygens (including phenoxy) is 1. The van der Waals surface area contributed by atoms with E-state index >= 15 is 0 Å². The van der Waals surface area contributed by atoms with Crippen molar-refractivity contribution in [1.82, 2.24) is 9.62 Å². The van der Waals surface area contributed by atoms with Crippen LogP contribution in [0.4, 0.5) is 4.79 Å². The fraction of sp³-hybridized carbons (Fsp3) is 0.533.